The molecule has 4 heteroatoms. The first-order chi connectivity index (χ1) is 11.8. The van der Waals surface area contributed by atoms with Crippen LogP contribution >= 0.6 is 0 Å². The summed E-state index contributed by atoms with van der Waals surface area (Å²) >= 11 is 0. The number of hydrogen-bond donors (Lipinski definition) is 1. The van der Waals surface area contributed by atoms with Crippen LogP contribution in [0, 0.1) is 41.5 Å². The fourth-order valence-corrected chi connectivity index (χ4v) is 3.84. The SMILES string of the molecule is CCC(O)c1nc(C)nc2c1c(C)c(C)n2-c1c(C)cc(C)cc1C. The maximum absolute atomic E-state index is 10.5. The number of aliphatic hydroxyl groups excluding tert-OH is 1. The molecule has 3 rings (SSSR count). The van der Waals surface area contributed by atoms with Crippen molar-refractivity contribution in [2.45, 2.75) is 61.0 Å². The van der Waals surface area contributed by atoms with Crippen molar-refractivity contribution < 1.29 is 5.11 Å². The van der Waals surface area contributed by atoms with Gasteiger partial charge in [-0.2, -0.15) is 0 Å². The first kappa shape index (κ1) is 17.6. The molecule has 0 saturated carbocycles. The Balaban J connectivity index is 2.46. The topological polar surface area (TPSA) is 50.9 Å². The molecular weight excluding hydrogens is 310 g/mol. The van der Waals surface area contributed by atoms with Gasteiger partial charge in [-0.25, -0.2) is 9.97 Å². The van der Waals surface area contributed by atoms with Crippen molar-refractivity contribution in [1.82, 2.24) is 14.5 Å². The molecule has 2 aromatic heterocycles. The van der Waals surface area contributed by atoms with Crippen LogP contribution in [0.1, 0.15) is 58.9 Å². The minimum Gasteiger partial charge on any atom is -0.387 e. The standard InChI is InChI=1S/C21H27N3O/c1-8-17(25)19-18-14(5)15(6)24(21(18)23-16(7)22-19)20-12(3)9-11(2)10-13(20)4/h9-10,17,25H,8H2,1-7H3. The van der Waals surface area contributed by atoms with Gasteiger partial charge in [-0.1, -0.05) is 24.6 Å². The normalized spacial score (nSPS) is 12.8. The second-order valence-corrected chi connectivity index (χ2v) is 7.07. The number of aromatic nitrogens is 3. The predicted molar refractivity (Wildman–Crippen MR) is 103 cm³/mol. The Morgan fingerprint density at radius 3 is 2.16 bits per heavy atom. The second-order valence-electron chi connectivity index (χ2n) is 7.07. The van der Waals surface area contributed by atoms with Gasteiger partial charge in [0.15, 0.2) is 0 Å². The highest BCUT2D eigenvalue weighted by Crippen LogP contribution is 2.34. The highest BCUT2D eigenvalue weighted by Gasteiger charge is 2.23. The zero-order valence-electron chi connectivity index (χ0n) is 16.2. The summed E-state index contributed by atoms with van der Waals surface area (Å²) < 4.78 is 2.23. The summed E-state index contributed by atoms with van der Waals surface area (Å²) in [6, 6.07) is 4.41. The van der Waals surface area contributed by atoms with Crippen molar-refractivity contribution in [3.8, 4) is 5.69 Å². The molecule has 0 amide bonds. The maximum Gasteiger partial charge on any atom is 0.149 e. The molecule has 2 heterocycles. The smallest absolute Gasteiger partial charge is 0.149 e. The van der Waals surface area contributed by atoms with Gasteiger partial charge in [0, 0.05) is 11.1 Å². The van der Waals surface area contributed by atoms with Crippen LogP contribution in [-0.4, -0.2) is 19.6 Å². The van der Waals surface area contributed by atoms with Crippen LogP contribution in [-0.2, 0) is 0 Å². The first-order valence-electron chi connectivity index (χ1n) is 8.88. The van der Waals surface area contributed by atoms with Crippen LogP contribution in [0.2, 0.25) is 0 Å². The van der Waals surface area contributed by atoms with E-state index in [1.807, 2.05) is 13.8 Å². The molecule has 0 aliphatic rings. The summed E-state index contributed by atoms with van der Waals surface area (Å²) in [6.07, 6.45) is 0.0658. The van der Waals surface area contributed by atoms with Crippen molar-refractivity contribution in [1.29, 1.82) is 0 Å². The van der Waals surface area contributed by atoms with Crippen LogP contribution in [0.15, 0.2) is 12.1 Å². The van der Waals surface area contributed by atoms with Crippen LogP contribution in [0.25, 0.3) is 16.7 Å². The largest absolute Gasteiger partial charge is 0.387 e. The van der Waals surface area contributed by atoms with Crippen molar-refractivity contribution in [2.24, 2.45) is 0 Å². The Bertz CT molecular complexity index is 946. The molecule has 0 fully saturated rings. The number of aliphatic hydroxyl groups is 1. The van der Waals surface area contributed by atoms with Crippen LogP contribution in [0.3, 0.4) is 0 Å². The van der Waals surface area contributed by atoms with Crippen LogP contribution < -0.4 is 0 Å². The summed E-state index contributed by atoms with van der Waals surface area (Å²) in [7, 11) is 0. The number of benzene rings is 1. The molecule has 0 aliphatic heterocycles. The molecule has 3 aromatic rings. The summed E-state index contributed by atoms with van der Waals surface area (Å²) in [6.45, 7) is 14.5. The molecule has 0 radical (unpaired) electrons. The van der Waals surface area contributed by atoms with Gasteiger partial charge >= 0.3 is 0 Å². The molecule has 0 aliphatic carbocycles. The summed E-state index contributed by atoms with van der Waals surface area (Å²) in [5, 5.41) is 11.5. The monoisotopic (exact) mass is 337 g/mol. The van der Waals surface area contributed by atoms with Crippen molar-refractivity contribution in [3.63, 3.8) is 0 Å². The van der Waals surface area contributed by atoms with E-state index in [4.69, 9.17) is 4.98 Å². The lowest BCUT2D eigenvalue weighted by Gasteiger charge is -2.16. The molecular formula is C21H27N3O. The van der Waals surface area contributed by atoms with E-state index in [1.165, 1.54) is 22.4 Å². The molecule has 0 saturated heterocycles. The third kappa shape index (κ3) is 2.74. The number of nitrogens with zero attached hydrogens (tertiary/aromatic N) is 3. The molecule has 1 aromatic carbocycles. The molecule has 25 heavy (non-hydrogen) atoms. The van der Waals surface area contributed by atoms with E-state index < -0.39 is 6.10 Å². The van der Waals surface area contributed by atoms with E-state index in [0.717, 1.165) is 28.0 Å². The Morgan fingerprint density at radius 1 is 1.00 bits per heavy atom. The third-order valence-corrected chi connectivity index (χ3v) is 5.06. The van der Waals surface area contributed by atoms with Gasteiger partial charge in [-0.15, -0.1) is 0 Å². The van der Waals surface area contributed by atoms with Crippen molar-refractivity contribution >= 4 is 11.0 Å². The van der Waals surface area contributed by atoms with E-state index in [2.05, 4.69) is 56.3 Å². The minimum atomic E-state index is -0.571. The van der Waals surface area contributed by atoms with Crippen molar-refractivity contribution in [3.05, 3.63) is 51.6 Å². The summed E-state index contributed by atoms with van der Waals surface area (Å²) in [4.78, 5) is 9.32. The maximum atomic E-state index is 10.5. The Hall–Kier alpha value is -2.20. The highest BCUT2D eigenvalue weighted by atomic mass is 16.3. The summed E-state index contributed by atoms with van der Waals surface area (Å²) in [5.41, 5.74) is 8.81. The Morgan fingerprint density at radius 2 is 1.60 bits per heavy atom. The molecule has 1 atom stereocenters. The van der Waals surface area contributed by atoms with Gasteiger partial charge in [0.05, 0.1) is 17.5 Å². The van der Waals surface area contributed by atoms with Gasteiger partial charge in [-0.05, 0) is 64.7 Å². The zero-order valence-corrected chi connectivity index (χ0v) is 16.2. The Kier molecular flexibility index (Phi) is 4.41. The molecule has 1 N–H and O–H groups in total. The fraction of sp³-hybridized carbons (Fsp3) is 0.429. The molecule has 4 nitrogen and oxygen atoms in total. The van der Waals surface area contributed by atoms with Gasteiger partial charge < -0.3 is 5.11 Å². The number of hydrogen-bond acceptors (Lipinski definition) is 3. The lowest BCUT2D eigenvalue weighted by molar-refractivity contribution is 0.170. The van der Waals surface area contributed by atoms with Crippen molar-refractivity contribution in [2.75, 3.05) is 0 Å². The van der Waals surface area contributed by atoms with Gasteiger partial charge in [0.25, 0.3) is 0 Å². The molecule has 1 unspecified atom stereocenters. The molecule has 132 valence electrons. The quantitative estimate of drug-likeness (QED) is 0.753. The minimum absolute atomic E-state index is 0.571. The Labute approximate surface area is 149 Å². The lowest BCUT2D eigenvalue weighted by atomic mass is 10.0. The van der Waals surface area contributed by atoms with E-state index in [0.29, 0.717) is 12.2 Å². The van der Waals surface area contributed by atoms with E-state index in [-0.39, 0.29) is 0 Å². The highest BCUT2D eigenvalue weighted by molar-refractivity contribution is 5.87. The van der Waals surface area contributed by atoms with E-state index in [9.17, 15) is 5.11 Å². The van der Waals surface area contributed by atoms with Crippen LogP contribution in [0.5, 0.6) is 0 Å². The number of rotatable bonds is 3. The summed E-state index contributed by atoms with van der Waals surface area (Å²) in [5.74, 6) is 0.691. The number of fused-ring (bicyclic) bond motifs is 1. The average molecular weight is 337 g/mol. The third-order valence-electron chi connectivity index (χ3n) is 5.06. The first-order valence-corrected chi connectivity index (χ1v) is 8.88. The second kappa shape index (κ2) is 6.26. The van der Waals surface area contributed by atoms with E-state index >= 15 is 0 Å². The molecule has 0 spiro atoms. The lowest BCUT2D eigenvalue weighted by Crippen LogP contribution is -2.07. The molecule has 0 bridgehead atoms. The zero-order chi connectivity index (χ0) is 18.5. The predicted octanol–water partition coefficient (Wildman–Crippen LogP) is 4.71. The van der Waals surface area contributed by atoms with Crippen LogP contribution in [0.4, 0.5) is 0 Å². The fourth-order valence-electron chi connectivity index (χ4n) is 3.84. The number of aryl methyl sites for hydroxylation is 5. The van der Waals surface area contributed by atoms with E-state index in [1.54, 1.807) is 0 Å². The average Bonchev–Trinajstić information content (AvgIpc) is 2.77. The van der Waals surface area contributed by atoms with Gasteiger partial charge in [0.1, 0.15) is 11.5 Å². The van der Waals surface area contributed by atoms with Gasteiger partial charge in [0.2, 0.25) is 0 Å². The van der Waals surface area contributed by atoms with Gasteiger partial charge in [-0.3, -0.25) is 4.57 Å².